The average Bonchev–Trinajstić information content (AvgIpc) is 3.26. The number of piperidine rings is 1. The predicted octanol–water partition coefficient (Wildman–Crippen LogP) is 1.48. The standard InChI is InChI=1S/C19H25N5O3/c1-26-17-9-13-3-6-24(12-14(13)10-18(17)27-2)15-4-7-23(8-5-15)19(25)16-11-20-22-21-16/h9-11,15H,3-8,12H2,1-2H3,(H,20,21,22). The summed E-state index contributed by atoms with van der Waals surface area (Å²) >= 11 is 0. The van der Waals surface area contributed by atoms with Gasteiger partial charge in [-0.2, -0.15) is 15.4 Å². The molecule has 2 aliphatic rings. The van der Waals surface area contributed by atoms with E-state index in [2.05, 4.69) is 32.4 Å². The summed E-state index contributed by atoms with van der Waals surface area (Å²) in [6.45, 7) is 3.46. The van der Waals surface area contributed by atoms with Gasteiger partial charge in [0.15, 0.2) is 17.2 Å². The topological polar surface area (TPSA) is 83.6 Å². The van der Waals surface area contributed by atoms with E-state index in [1.54, 1.807) is 14.2 Å². The maximum atomic E-state index is 12.4. The van der Waals surface area contributed by atoms with Crippen molar-refractivity contribution in [1.82, 2.24) is 25.2 Å². The Hall–Kier alpha value is -2.61. The number of hydrogen-bond donors (Lipinski definition) is 1. The highest BCUT2D eigenvalue weighted by atomic mass is 16.5. The van der Waals surface area contributed by atoms with Crippen molar-refractivity contribution < 1.29 is 14.3 Å². The van der Waals surface area contributed by atoms with Crippen LogP contribution >= 0.6 is 0 Å². The lowest BCUT2D eigenvalue weighted by atomic mass is 9.94. The van der Waals surface area contributed by atoms with E-state index in [9.17, 15) is 4.79 Å². The normalized spacial score (nSPS) is 18.2. The molecule has 0 bridgehead atoms. The molecule has 0 spiro atoms. The van der Waals surface area contributed by atoms with Crippen LogP contribution in [0.4, 0.5) is 0 Å². The molecule has 0 unspecified atom stereocenters. The number of carbonyl (C=O) groups excluding carboxylic acids is 1. The third kappa shape index (κ3) is 3.49. The zero-order valence-electron chi connectivity index (χ0n) is 15.8. The van der Waals surface area contributed by atoms with Crippen LogP contribution in [0, 0.1) is 0 Å². The third-order valence-corrected chi connectivity index (χ3v) is 5.65. The van der Waals surface area contributed by atoms with Crippen LogP contribution in [0.5, 0.6) is 11.5 Å². The number of ether oxygens (including phenoxy) is 2. The molecule has 1 amide bonds. The molecule has 1 N–H and O–H groups in total. The van der Waals surface area contributed by atoms with Gasteiger partial charge >= 0.3 is 0 Å². The quantitative estimate of drug-likeness (QED) is 0.877. The van der Waals surface area contributed by atoms with E-state index in [-0.39, 0.29) is 5.91 Å². The lowest BCUT2D eigenvalue weighted by Crippen LogP contribution is -2.48. The molecule has 0 saturated carbocycles. The van der Waals surface area contributed by atoms with E-state index >= 15 is 0 Å². The van der Waals surface area contributed by atoms with Crippen LogP contribution in [0.2, 0.25) is 0 Å². The summed E-state index contributed by atoms with van der Waals surface area (Å²) in [6.07, 6.45) is 4.45. The number of nitrogens with zero attached hydrogens (tertiary/aromatic N) is 4. The van der Waals surface area contributed by atoms with E-state index in [1.807, 2.05) is 4.90 Å². The minimum atomic E-state index is -0.0389. The monoisotopic (exact) mass is 371 g/mol. The molecule has 27 heavy (non-hydrogen) atoms. The summed E-state index contributed by atoms with van der Waals surface area (Å²) in [5.41, 5.74) is 3.03. The first kappa shape index (κ1) is 17.8. The first-order chi connectivity index (χ1) is 13.2. The minimum Gasteiger partial charge on any atom is -0.493 e. The zero-order chi connectivity index (χ0) is 18.8. The van der Waals surface area contributed by atoms with Gasteiger partial charge in [0, 0.05) is 32.2 Å². The van der Waals surface area contributed by atoms with Crippen LogP contribution in [0.3, 0.4) is 0 Å². The molecule has 2 aliphatic heterocycles. The Morgan fingerprint density at radius 3 is 2.44 bits per heavy atom. The van der Waals surface area contributed by atoms with E-state index in [4.69, 9.17) is 9.47 Å². The van der Waals surface area contributed by atoms with Gasteiger partial charge in [0.25, 0.3) is 5.91 Å². The second kappa shape index (κ2) is 7.56. The lowest BCUT2D eigenvalue weighted by molar-refractivity contribution is 0.0594. The van der Waals surface area contributed by atoms with Gasteiger partial charge < -0.3 is 14.4 Å². The molecule has 1 aromatic heterocycles. The number of H-pyrrole nitrogens is 1. The molecular formula is C19H25N5O3. The smallest absolute Gasteiger partial charge is 0.276 e. The van der Waals surface area contributed by atoms with E-state index in [1.165, 1.54) is 17.3 Å². The molecule has 3 heterocycles. The summed E-state index contributed by atoms with van der Waals surface area (Å²) in [5, 5.41) is 10.1. The Kier molecular flexibility index (Phi) is 4.98. The van der Waals surface area contributed by atoms with E-state index < -0.39 is 0 Å². The molecule has 4 rings (SSSR count). The van der Waals surface area contributed by atoms with Crippen LogP contribution in [0.1, 0.15) is 34.5 Å². The number of aromatic amines is 1. The van der Waals surface area contributed by atoms with Gasteiger partial charge in [0.1, 0.15) is 0 Å². The average molecular weight is 371 g/mol. The van der Waals surface area contributed by atoms with Crippen molar-refractivity contribution in [3.8, 4) is 11.5 Å². The number of fused-ring (bicyclic) bond motifs is 1. The van der Waals surface area contributed by atoms with Gasteiger partial charge in [-0.1, -0.05) is 0 Å². The summed E-state index contributed by atoms with van der Waals surface area (Å²) in [6, 6.07) is 4.70. The number of aromatic nitrogens is 3. The highest BCUT2D eigenvalue weighted by Crippen LogP contribution is 2.34. The fourth-order valence-corrected chi connectivity index (χ4v) is 4.12. The molecule has 144 valence electrons. The van der Waals surface area contributed by atoms with Gasteiger partial charge in [-0.3, -0.25) is 9.69 Å². The van der Waals surface area contributed by atoms with Crippen LogP contribution in [-0.2, 0) is 13.0 Å². The molecule has 8 heteroatoms. The van der Waals surface area contributed by atoms with Crippen LogP contribution in [-0.4, -0.2) is 71.0 Å². The number of amides is 1. The van der Waals surface area contributed by atoms with Crippen molar-refractivity contribution in [2.24, 2.45) is 0 Å². The fraction of sp³-hybridized carbons (Fsp3) is 0.526. The predicted molar refractivity (Wildman–Crippen MR) is 99.0 cm³/mol. The zero-order valence-corrected chi connectivity index (χ0v) is 15.8. The molecule has 2 aromatic rings. The number of likely N-dealkylation sites (tertiary alicyclic amines) is 1. The first-order valence-corrected chi connectivity index (χ1v) is 9.32. The number of benzene rings is 1. The number of carbonyl (C=O) groups is 1. The van der Waals surface area contributed by atoms with E-state index in [0.717, 1.165) is 56.9 Å². The van der Waals surface area contributed by atoms with Crippen molar-refractivity contribution >= 4 is 5.91 Å². The molecule has 0 atom stereocenters. The number of nitrogens with one attached hydrogen (secondary N) is 1. The maximum Gasteiger partial charge on any atom is 0.276 e. The van der Waals surface area contributed by atoms with Crippen molar-refractivity contribution in [3.05, 3.63) is 35.2 Å². The van der Waals surface area contributed by atoms with E-state index in [0.29, 0.717) is 11.7 Å². The molecular weight excluding hydrogens is 346 g/mol. The molecule has 8 nitrogen and oxygen atoms in total. The number of rotatable bonds is 4. The Bertz CT molecular complexity index is 800. The summed E-state index contributed by atoms with van der Waals surface area (Å²) in [4.78, 5) is 16.8. The van der Waals surface area contributed by atoms with Gasteiger partial charge in [-0.05, 0) is 42.5 Å². The Labute approximate surface area is 158 Å². The highest BCUT2D eigenvalue weighted by molar-refractivity contribution is 5.91. The van der Waals surface area contributed by atoms with Crippen molar-refractivity contribution in [1.29, 1.82) is 0 Å². The lowest BCUT2D eigenvalue weighted by Gasteiger charge is -2.40. The van der Waals surface area contributed by atoms with Gasteiger partial charge in [0.2, 0.25) is 0 Å². The molecule has 1 saturated heterocycles. The van der Waals surface area contributed by atoms with Crippen molar-refractivity contribution in [2.75, 3.05) is 33.9 Å². The molecule has 1 fully saturated rings. The largest absolute Gasteiger partial charge is 0.493 e. The molecule has 0 radical (unpaired) electrons. The SMILES string of the molecule is COc1cc2c(cc1OC)CN(C1CCN(C(=O)c3cn[nH]n3)CC1)CC2. The molecule has 1 aromatic carbocycles. The van der Waals surface area contributed by atoms with Gasteiger partial charge in [-0.25, -0.2) is 0 Å². The van der Waals surface area contributed by atoms with Gasteiger partial charge in [0.05, 0.1) is 20.4 Å². The van der Waals surface area contributed by atoms with Crippen LogP contribution in [0.15, 0.2) is 18.3 Å². The maximum absolute atomic E-state index is 12.4. The Morgan fingerprint density at radius 1 is 1.11 bits per heavy atom. The summed E-state index contributed by atoms with van der Waals surface area (Å²) in [5.74, 6) is 1.54. The van der Waals surface area contributed by atoms with Crippen molar-refractivity contribution in [2.45, 2.75) is 31.8 Å². The third-order valence-electron chi connectivity index (χ3n) is 5.65. The second-order valence-electron chi connectivity index (χ2n) is 7.07. The van der Waals surface area contributed by atoms with Gasteiger partial charge in [-0.15, -0.1) is 0 Å². The van der Waals surface area contributed by atoms with Crippen molar-refractivity contribution in [3.63, 3.8) is 0 Å². The summed E-state index contributed by atoms with van der Waals surface area (Å²) < 4.78 is 10.9. The fourth-order valence-electron chi connectivity index (χ4n) is 4.12. The van der Waals surface area contributed by atoms with Crippen LogP contribution in [0.25, 0.3) is 0 Å². The minimum absolute atomic E-state index is 0.0389. The second-order valence-corrected chi connectivity index (χ2v) is 7.07. The van der Waals surface area contributed by atoms with Crippen LogP contribution < -0.4 is 9.47 Å². The number of methoxy groups -OCH3 is 2. The Morgan fingerprint density at radius 2 is 1.81 bits per heavy atom. The highest BCUT2D eigenvalue weighted by Gasteiger charge is 2.30. The summed E-state index contributed by atoms with van der Waals surface area (Å²) in [7, 11) is 3.35. The Balaban J connectivity index is 1.39. The first-order valence-electron chi connectivity index (χ1n) is 9.32. The number of hydrogen-bond acceptors (Lipinski definition) is 6. The molecule has 0 aliphatic carbocycles.